The van der Waals surface area contributed by atoms with Crippen LogP contribution in [0, 0.1) is 0 Å². The zero-order chi connectivity index (χ0) is 15.6. The number of amides is 1. The van der Waals surface area contributed by atoms with Crippen molar-refractivity contribution in [1.82, 2.24) is 5.32 Å². The van der Waals surface area contributed by atoms with E-state index in [-0.39, 0.29) is 17.4 Å². The molecular weight excluding hydrogens is 266 g/mol. The number of rotatable bonds is 4. The molecule has 21 heavy (non-hydrogen) atoms. The van der Waals surface area contributed by atoms with Gasteiger partial charge in [0.2, 0.25) is 0 Å². The summed E-state index contributed by atoms with van der Waals surface area (Å²) >= 11 is 0. The molecule has 0 bridgehead atoms. The van der Waals surface area contributed by atoms with E-state index in [0.29, 0.717) is 5.56 Å². The minimum absolute atomic E-state index is 0.0415. The number of carbonyl (C=O) groups is 2. The highest BCUT2D eigenvalue weighted by Gasteiger charge is 2.27. The molecule has 1 fully saturated rings. The van der Waals surface area contributed by atoms with Gasteiger partial charge in [-0.2, -0.15) is 0 Å². The number of nitrogens with one attached hydrogen (secondary N) is 1. The van der Waals surface area contributed by atoms with Crippen LogP contribution in [0.3, 0.4) is 0 Å². The first-order valence-corrected chi connectivity index (χ1v) is 7.39. The van der Waals surface area contributed by atoms with Crippen molar-refractivity contribution in [2.24, 2.45) is 0 Å². The predicted molar refractivity (Wildman–Crippen MR) is 81.2 cm³/mol. The van der Waals surface area contributed by atoms with Gasteiger partial charge >= 0.3 is 5.97 Å². The van der Waals surface area contributed by atoms with E-state index in [1.54, 1.807) is 19.1 Å². The van der Waals surface area contributed by atoms with Gasteiger partial charge in [-0.3, -0.25) is 4.79 Å². The van der Waals surface area contributed by atoms with Crippen molar-refractivity contribution in [3.63, 3.8) is 0 Å². The van der Waals surface area contributed by atoms with Crippen LogP contribution < -0.4 is 5.32 Å². The maximum absolute atomic E-state index is 12.0. The Hall–Kier alpha value is -1.84. The van der Waals surface area contributed by atoms with Gasteiger partial charge in [-0.15, -0.1) is 0 Å². The molecule has 4 heteroatoms. The third-order valence-corrected chi connectivity index (χ3v) is 3.56. The van der Waals surface area contributed by atoms with Crippen LogP contribution >= 0.6 is 0 Å². The van der Waals surface area contributed by atoms with Gasteiger partial charge in [-0.1, -0.05) is 32.9 Å². The topological polar surface area (TPSA) is 55.4 Å². The van der Waals surface area contributed by atoms with Crippen LogP contribution in [0.2, 0.25) is 0 Å². The summed E-state index contributed by atoms with van der Waals surface area (Å²) in [4.78, 5) is 23.8. The SMILES string of the molecule is C[C@H](OC(=O)c1ccc(C(C)(C)C)cc1)C(=O)NC1CC1. The Bertz CT molecular complexity index is 524. The Morgan fingerprint density at radius 2 is 1.76 bits per heavy atom. The van der Waals surface area contributed by atoms with E-state index >= 15 is 0 Å². The average Bonchev–Trinajstić information content (AvgIpc) is 3.21. The van der Waals surface area contributed by atoms with Crippen LogP contribution in [0.1, 0.15) is 56.5 Å². The largest absolute Gasteiger partial charge is 0.449 e. The van der Waals surface area contributed by atoms with Gasteiger partial charge in [0.1, 0.15) is 0 Å². The molecule has 1 amide bonds. The van der Waals surface area contributed by atoms with Gasteiger partial charge in [0, 0.05) is 6.04 Å². The fourth-order valence-electron chi connectivity index (χ4n) is 1.93. The van der Waals surface area contributed by atoms with Gasteiger partial charge in [-0.05, 0) is 42.9 Å². The van der Waals surface area contributed by atoms with Crippen LogP contribution in [0.5, 0.6) is 0 Å². The minimum Gasteiger partial charge on any atom is -0.449 e. The monoisotopic (exact) mass is 289 g/mol. The van der Waals surface area contributed by atoms with E-state index in [9.17, 15) is 9.59 Å². The van der Waals surface area contributed by atoms with E-state index in [2.05, 4.69) is 26.1 Å². The number of hydrogen-bond donors (Lipinski definition) is 1. The number of carbonyl (C=O) groups excluding carboxylic acids is 2. The van der Waals surface area contributed by atoms with E-state index < -0.39 is 12.1 Å². The first-order chi connectivity index (χ1) is 9.77. The summed E-state index contributed by atoms with van der Waals surface area (Å²) in [6, 6.07) is 7.60. The molecule has 2 rings (SSSR count). The molecule has 0 spiro atoms. The maximum Gasteiger partial charge on any atom is 0.338 e. The van der Waals surface area contributed by atoms with Crippen LogP contribution in [0.25, 0.3) is 0 Å². The second-order valence-corrected chi connectivity index (χ2v) is 6.66. The zero-order valence-electron chi connectivity index (χ0n) is 13.1. The van der Waals surface area contributed by atoms with Crippen molar-refractivity contribution >= 4 is 11.9 Å². The molecule has 0 unspecified atom stereocenters. The van der Waals surface area contributed by atoms with Gasteiger partial charge < -0.3 is 10.1 Å². The molecule has 0 heterocycles. The van der Waals surface area contributed by atoms with Crippen LogP contribution in [0.4, 0.5) is 0 Å². The van der Waals surface area contributed by atoms with Crippen LogP contribution in [-0.2, 0) is 14.9 Å². The number of esters is 1. The highest BCUT2D eigenvalue weighted by Crippen LogP contribution is 2.22. The first kappa shape index (κ1) is 15.5. The molecule has 1 aromatic rings. The molecule has 1 saturated carbocycles. The Labute approximate surface area is 125 Å². The summed E-state index contributed by atoms with van der Waals surface area (Å²) in [5.41, 5.74) is 1.66. The summed E-state index contributed by atoms with van der Waals surface area (Å²) < 4.78 is 5.20. The third kappa shape index (κ3) is 4.31. The van der Waals surface area contributed by atoms with Crippen molar-refractivity contribution < 1.29 is 14.3 Å². The summed E-state index contributed by atoms with van der Waals surface area (Å²) in [7, 11) is 0. The van der Waals surface area contributed by atoms with Gasteiger partial charge in [0.15, 0.2) is 6.10 Å². The molecule has 1 aliphatic carbocycles. The van der Waals surface area contributed by atoms with Crippen LogP contribution in [-0.4, -0.2) is 24.0 Å². The molecule has 1 aliphatic rings. The summed E-state index contributed by atoms with van der Waals surface area (Å²) in [6.07, 6.45) is 1.27. The van der Waals surface area contributed by atoms with E-state index in [0.717, 1.165) is 18.4 Å². The Kier molecular flexibility index (Phi) is 4.35. The standard InChI is InChI=1S/C17H23NO3/c1-11(15(19)18-14-9-10-14)21-16(20)12-5-7-13(8-6-12)17(2,3)4/h5-8,11,14H,9-10H2,1-4H3,(H,18,19)/t11-/m0/s1. The normalized spacial score (nSPS) is 16.2. The molecule has 1 aromatic carbocycles. The summed E-state index contributed by atoms with van der Waals surface area (Å²) in [6.45, 7) is 7.94. The lowest BCUT2D eigenvalue weighted by molar-refractivity contribution is -0.129. The van der Waals surface area contributed by atoms with Gasteiger partial charge in [0.05, 0.1) is 5.56 Å². The Morgan fingerprint density at radius 3 is 2.24 bits per heavy atom. The number of hydrogen-bond acceptors (Lipinski definition) is 3. The van der Waals surface area contributed by atoms with Crippen LogP contribution in [0.15, 0.2) is 24.3 Å². The van der Waals surface area contributed by atoms with Crippen molar-refractivity contribution in [2.45, 2.75) is 58.1 Å². The molecule has 1 N–H and O–H groups in total. The maximum atomic E-state index is 12.0. The third-order valence-electron chi connectivity index (χ3n) is 3.56. The fourth-order valence-corrected chi connectivity index (χ4v) is 1.93. The molecule has 4 nitrogen and oxygen atoms in total. The predicted octanol–water partition coefficient (Wildman–Crippen LogP) is 2.81. The fraction of sp³-hybridized carbons (Fsp3) is 0.529. The van der Waals surface area contributed by atoms with Gasteiger partial charge in [0.25, 0.3) is 5.91 Å². The average molecular weight is 289 g/mol. The Morgan fingerprint density at radius 1 is 1.19 bits per heavy atom. The van der Waals surface area contributed by atoms with Crippen molar-refractivity contribution in [3.05, 3.63) is 35.4 Å². The number of ether oxygens (including phenoxy) is 1. The van der Waals surface area contributed by atoms with Gasteiger partial charge in [-0.25, -0.2) is 4.79 Å². The quantitative estimate of drug-likeness (QED) is 0.867. The Balaban J connectivity index is 1.94. The molecule has 0 aromatic heterocycles. The van der Waals surface area contributed by atoms with Crippen molar-refractivity contribution in [3.8, 4) is 0 Å². The zero-order valence-corrected chi connectivity index (χ0v) is 13.1. The molecule has 0 saturated heterocycles. The lowest BCUT2D eigenvalue weighted by Gasteiger charge is -2.19. The second-order valence-electron chi connectivity index (χ2n) is 6.66. The van der Waals surface area contributed by atoms with E-state index in [1.165, 1.54) is 0 Å². The molecule has 114 valence electrons. The highest BCUT2D eigenvalue weighted by atomic mass is 16.5. The summed E-state index contributed by atoms with van der Waals surface area (Å²) in [5, 5.41) is 2.82. The molecule has 0 aliphatic heterocycles. The second kappa shape index (κ2) is 5.88. The molecular formula is C17H23NO3. The van der Waals surface area contributed by atoms with E-state index in [4.69, 9.17) is 4.74 Å². The van der Waals surface area contributed by atoms with Crippen molar-refractivity contribution in [2.75, 3.05) is 0 Å². The highest BCUT2D eigenvalue weighted by molar-refractivity contribution is 5.92. The molecule has 1 atom stereocenters. The minimum atomic E-state index is -0.764. The number of benzene rings is 1. The lowest BCUT2D eigenvalue weighted by atomic mass is 9.87. The first-order valence-electron chi connectivity index (χ1n) is 7.39. The lowest BCUT2D eigenvalue weighted by Crippen LogP contribution is -2.37. The smallest absolute Gasteiger partial charge is 0.338 e. The molecule has 0 radical (unpaired) electrons. The van der Waals surface area contributed by atoms with E-state index in [1.807, 2.05) is 12.1 Å². The summed E-state index contributed by atoms with van der Waals surface area (Å²) in [5.74, 6) is -0.689. The van der Waals surface area contributed by atoms with Crippen molar-refractivity contribution in [1.29, 1.82) is 0 Å².